The van der Waals surface area contributed by atoms with E-state index in [1.807, 2.05) is 26.0 Å². The zero-order chi connectivity index (χ0) is 38.6. The van der Waals surface area contributed by atoms with Gasteiger partial charge in [0, 0.05) is 23.6 Å². The predicted octanol–water partition coefficient (Wildman–Crippen LogP) is 4.03. The van der Waals surface area contributed by atoms with Gasteiger partial charge >= 0.3 is 0 Å². The summed E-state index contributed by atoms with van der Waals surface area (Å²) in [5, 5.41) is 5.80. The van der Waals surface area contributed by atoms with Crippen LogP contribution >= 0.6 is 11.3 Å². The molecule has 3 aliphatic rings. The molecule has 290 valence electrons. The van der Waals surface area contributed by atoms with Crippen LogP contribution in [-0.4, -0.2) is 87.4 Å². The number of nitrogens with zero attached hydrogens (tertiary/aromatic N) is 4. The third-order valence-electron chi connectivity index (χ3n) is 10.2. The minimum Gasteiger partial charge on any atom is -0.471 e. The Balaban J connectivity index is 1.31. The van der Waals surface area contributed by atoms with Crippen LogP contribution in [0.1, 0.15) is 98.4 Å². The molecule has 1 aromatic carbocycles. The largest absolute Gasteiger partial charge is 0.471 e. The lowest BCUT2D eigenvalue weighted by atomic mass is 10.0. The van der Waals surface area contributed by atoms with Gasteiger partial charge in [0.1, 0.15) is 35.7 Å². The molecule has 4 amide bonds. The average molecular weight is 784 g/mol. The number of aryl methyl sites for hydroxylation is 2. The molecule has 14 nitrogen and oxygen atoms in total. The van der Waals surface area contributed by atoms with Crippen LogP contribution in [0.25, 0.3) is 11.0 Å². The summed E-state index contributed by atoms with van der Waals surface area (Å²) in [4.78, 5) is 71.1. The van der Waals surface area contributed by atoms with Crippen molar-refractivity contribution in [3.05, 3.63) is 57.9 Å². The van der Waals surface area contributed by atoms with Gasteiger partial charge in [0.2, 0.25) is 27.7 Å². The summed E-state index contributed by atoms with van der Waals surface area (Å²) in [6, 6.07) is 0.683. The van der Waals surface area contributed by atoms with Crippen molar-refractivity contribution in [3.63, 3.8) is 0 Å². The second kappa shape index (κ2) is 16.5. The molecule has 4 atom stereocenters. The van der Waals surface area contributed by atoms with E-state index in [4.69, 9.17) is 4.74 Å². The number of aromatic nitrogens is 3. The summed E-state index contributed by atoms with van der Waals surface area (Å²) in [5.74, 6) is -2.91. The maximum Gasteiger partial charge on any atom is 0.280 e. The van der Waals surface area contributed by atoms with Gasteiger partial charge in [-0.1, -0.05) is 31.9 Å². The number of fused-ring (bicyclic) bond motifs is 2. The third-order valence-corrected chi connectivity index (χ3v) is 13.3. The van der Waals surface area contributed by atoms with Gasteiger partial charge in [0.25, 0.3) is 11.8 Å². The van der Waals surface area contributed by atoms with Crippen LogP contribution in [0.5, 0.6) is 5.88 Å². The number of amides is 4. The van der Waals surface area contributed by atoms with Crippen molar-refractivity contribution in [2.45, 2.75) is 120 Å². The second-order valence-corrected chi connectivity index (χ2v) is 17.8. The van der Waals surface area contributed by atoms with Crippen LogP contribution in [0.4, 0.5) is 4.39 Å². The van der Waals surface area contributed by atoms with Crippen molar-refractivity contribution in [1.82, 2.24) is 35.2 Å². The first-order valence-electron chi connectivity index (χ1n) is 18.4. The van der Waals surface area contributed by atoms with Crippen molar-refractivity contribution < 1.29 is 36.7 Å². The summed E-state index contributed by atoms with van der Waals surface area (Å²) < 4.78 is 47.6. The molecule has 1 aliphatic carbocycles. The number of nitrogens with one attached hydrogen (secondary N) is 3. The molecular formula is C37H46FN7O7S2. The van der Waals surface area contributed by atoms with E-state index in [2.05, 4.69) is 30.3 Å². The fourth-order valence-electron chi connectivity index (χ4n) is 6.64. The number of ether oxygens (including phenoxy) is 1. The van der Waals surface area contributed by atoms with Gasteiger partial charge in [-0.3, -0.25) is 23.9 Å². The van der Waals surface area contributed by atoms with Crippen LogP contribution in [0.2, 0.25) is 0 Å². The monoisotopic (exact) mass is 783 g/mol. The molecule has 1 saturated heterocycles. The first kappa shape index (κ1) is 39.2. The number of hydrogen-bond donors (Lipinski definition) is 3. The lowest BCUT2D eigenvalue weighted by Gasteiger charge is -2.29. The van der Waals surface area contributed by atoms with E-state index >= 15 is 0 Å². The Labute approximate surface area is 317 Å². The molecule has 54 heavy (non-hydrogen) atoms. The van der Waals surface area contributed by atoms with Crippen molar-refractivity contribution in [3.8, 4) is 5.88 Å². The SMILES string of the molecule is CCc1nc2ccc(F)cc2nc1OC1CC2C(=O)NC(C(=O)NS(=O)(=O)C3(C)CC3)CCC=CCCCCCC(NC(=O)c3ncc(C)s3)C(=O)N2C1. The summed E-state index contributed by atoms with van der Waals surface area (Å²) in [6.45, 7) is 5.18. The Morgan fingerprint density at radius 3 is 2.59 bits per heavy atom. The van der Waals surface area contributed by atoms with Crippen LogP contribution in [-0.2, 0) is 30.8 Å². The first-order chi connectivity index (χ1) is 25.8. The van der Waals surface area contributed by atoms with Gasteiger partial charge in [-0.25, -0.2) is 27.8 Å². The first-order valence-corrected chi connectivity index (χ1v) is 20.7. The predicted molar refractivity (Wildman–Crippen MR) is 200 cm³/mol. The minimum atomic E-state index is -3.99. The molecule has 0 bridgehead atoms. The molecule has 4 unspecified atom stereocenters. The van der Waals surface area contributed by atoms with Crippen molar-refractivity contribution in [2.24, 2.45) is 0 Å². The highest BCUT2D eigenvalue weighted by atomic mass is 32.2. The van der Waals surface area contributed by atoms with E-state index in [0.29, 0.717) is 49.7 Å². The number of thiazole rings is 1. The number of carbonyl (C=O) groups excluding carboxylic acids is 4. The molecule has 2 fully saturated rings. The highest BCUT2D eigenvalue weighted by Crippen LogP contribution is 2.42. The van der Waals surface area contributed by atoms with Crippen molar-refractivity contribution in [1.29, 1.82) is 0 Å². The molecule has 3 aromatic rings. The van der Waals surface area contributed by atoms with E-state index < -0.39 is 68.4 Å². The molecule has 0 spiro atoms. The molecule has 3 N–H and O–H groups in total. The molecule has 2 aliphatic heterocycles. The standard InChI is InChI=1S/C37H46FN7O7S2/c1-4-25-34(43-29-18-23(38)14-15-26(29)40-25)52-24-19-30-32(47)41-27(31(46)44-54(50,51)37(3)16-17-37)12-10-8-6-5-7-9-11-13-28(36(49)45(30)21-24)42-33(48)35-39-20-22(2)53-35/h6,8,14-15,18,20,24,27-28,30H,4-5,7,9-13,16-17,19,21H2,1-3H3,(H,41,47)(H,42,48)(H,44,46). The van der Waals surface area contributed by atoms with Gasteiger partial charge in [0.15, 0.2) is 5.01 Å². The number of hydrogen-bond acceptors (Lipinski definition) is 11. The Morgan fingerprint density at radius 2 is 1.87 bits per heavy atom. The zero-order valence-corrected chi connectivity index (χ0v) is 32.2. The molecular weight excluding hydrogens is 738 g/mol. The molecule has 17 heteroatoms. The molecule has 2 aromatic heterocycles. The summed E-state index contributed by atoms with van der Waals surface area (Å²) in [5.41, 5.74) is 1.26. The van der Waals surface area contributed by atoms with Crippen molar-refractivity contribution in [2.75, 3.05) is 6.54 Å². The smallest absolute Gasteiger partial charge is 0.280 e. The van der Waals surface area contributed by atoms with Crippen molar-refractivity contribution >= 4 is 56.0 Å². The van der Waals surface area contributed by atoms with Gasteiger partial charge in [-0.15, -0.1) is 11.3 Å². The summed E-state index contributed by atoms with van der Waals surface area (Å²) >= 11 is 1.20. The molecule has 1 saturated carbocycles. The topological polar surface area (TPSA) is 190 Å². The van der Waals surface area contributed by atoms with Gasteiger partial charge in [-0.05, 0) is 77.3 Å². The average Bonchev–Trinajstić information content (AvgIpc) is 3.53. The number of allylic oxidation sites excluding steroid dienone is 2. The van der Waals surface area contributed by atoms with Crippen LogP contribution in [0.3, 0.4) is 0 Å². The Kier molecular flexibility index (Phi) is 12.0. The van der Waals surface area contributed by atoms with E-state index in [0.717, 1.165) is 24.1 Å². The molecule has 4 heterocycles. The molecule has 0 radical (unpaired) electrons. The summed E-state index contributed by atoms with van der Waals surface area (Å²) in [7, 11) is -3.99. The zero-order valence-electron chi connectivity index (χ0n) is 30.6. The number of benzene rings is 1. The third kappa shape index (κ3) is 9.05. The van der Waals surface area contributed by atoms with Gasteiger partial charge in [-0.2, -0.15) is 0 Å². The molecule has 6 rings (SSSR count). The van der Waals surface area contributed by atoms with Gasteiger partial charge in [0.05, 0.1) is 22.3 Å². The van der Waals surface area contributed by atoms with Gasteiger partial charge < -0.3 is 20.3 Å². The lowest BCUT2D eigenvalue weighted by Crippen LogP contribution is -2.57. The number of sulfonamides is 1. The van der Waals surface area contributed by atoms with E-state index in [1.165, 1.54) is 34.4 Å². The number of halogens is 1. The normalized spacial score (nSPS) is 23.7. The van der Waals surface area contributed by atoms with E-state index in [-0.39, 0.29) is 35.8 Å². The lowest BCUT2D eigenvalue weighted by molar-refractivity contribution is -0.140. The highest BCUT2D eigenvalue weighted by Gasteiger charge is 2.51. The maximum absolute atomic E-state index is 14.5. The Hall–Kier alpha value is -4.51. The van der Waals surface area contributed by atoms with E-state index in [9.17, 15) is 32.0 Å². The quantitative estimate of drug-likeness (QED) is 0.282. The van der Waals surface area contributed by atoms with E-state index in [1.54, 1.807) is 13.1 Å². The maximum atomic E-state index is 14.5. The number of carbonyl (C=O) groups is 4. The number of rotatable bonds is 8. The van der Waals surface area contributed by atoms with Crippen LogP contribution in [0, 0.1) is 12.7 Å². The van der Waals surface area contributed by atoms with Crippen LogP contribution < -0.4 is 20.1 Å². The Bertz CT molecular complexity index is 2050. The fraction of sp³-hybridized carbons (Fsp3) is 0.541. The van der Waals surface area contributed by atoms with Crippen LogP contribution in [0.15, 0.2) is 36.5 Å². The second-order valence-electron chi connectivity index (χ2n) is 14.4. The Morgan fingerprint density at radius 1 is 1.09 bits per heavy atom. The highest BCUT2D eigenvalue weighted by molar-refractivity contribution is 7.91. The summed E-state index contributed by atoms with van der Waals surface area (Å²) in [6.07, 6.45) is 9.77. The minimum absolute atomic E-state index is 0.0133. The fourth-order valence-corrected chi connectivity index (χ4v) is 8.60.